The lowest BCUT2D eigenvalue weighted by atomic mass is 9.96. The van der Waals surface area contributed by atoms with Crippen molar-refractivity contribution in [1.82, 2.24) is 4.57 Å². The summed E-state index contributed by atoms with van der Waals surface area (Å²) in [5, 5.41) is 26.2. The van der Waals surface area contributed by atoms with E-state index in [4.69, 9.17) is 0 Å². The van der Waals surface area contributed by atoms with Gasteiger partial charge in [-0.05, 0) is 67.7 Å². The summed E-state index contributed by atoms with van der Waals surface area (Å²) < 4.78 is 14.9. The second-order valence-corrected chi connectivity index (χ2v) is 10.0. The summed E-state index contributed by atoms with van der Waals surface area (Å²) >= 11 is 1.40. The molecule has 0 aliphatic heterocycles. The Morgan fingerprint density at radius 3 is 2.58 bits per heavy atom. The van der Waals surface area contributed by atoms with Crippen LogP contribution in [0.1, 0.15) is 34.4 Å². The van der Waals surface area contributed by atoms with Crippen molar-refractivity contribution in [1.29, 1.82) is 10.5 Å². The fourth-order valence-electron chi connectivity index (χ4n) is 4.66. The van der Waals surface area contributed by atoms with Crippen molar-refractivity contribution < 1.29 is 14.0 Å². The van der Waals surface area contributed by atoms with Gasteiger partial charge in [-0.1, -0.05) is 18.2 Å². The van der Waals surface area contributed by atoms with Crippen LogP contribution in [0.15, 0.2) is 60.3 Å². The molecular weight excluding hydrogens is 501 g/mol. The minimum absolute atomic E-state index is 0.0217. The number of carbonyl (C=O) groups is 2. The highest BCUT2D eigenvalue weighted by molar-refractivity contribution is 7.16. The largest absolute Gasteiger partial charge is 0.337 e. The molecule has 2 aromatic carbocycles. The van der Waals surface area contributed by atoms with Crippen LogP contribution in [0.5, 0.6) is 0 Å². The minimum Gasteiger partial charge on any atom is -0.337 e. The number of benzene rings is 2. The van der Waals surface area contributed by atoms with E-state index < -0.39 is 11.7 Å². The van der Waals surface area contributed by atoms with Gasteiger partial charge in [-0.15, -0.1) is 11.3 Å². The molecule has 9 heteroatoms. The second-order valence-electron chi connectivity index (χ2n) is 8.94. The topological polar surface area (TPSA) is 111 Å². The zero-order chi connectivity index (χ0) is 26.6. The number of nitriles is 2. The third-order valence-electron chi connectivity index (χ3n) is 6.44. The van der Waals surface area contributed by atoms with Gasteiger partial charge in [-0.3, -0.25) is 9.59 Å². The first kappa shape index (κ1) is 24.9. The van der Waals surface area contributed by atoms with E-state index in [2.05, 4.69) is 16.7 Å². The molecule has 4 aromatic rings. The normalized spacial score (nSPS) is 12.9. The molecule has 38 heavy (non-hydrogen) atoms. The molecule has 0 unspecified atom stereocenters. The van der Waals surface area contributed by atoms with Gasteiger partial charge in [0.15, 0.2) is 0 Å². The van der Waals surface area contributed by atoms with Crippen LogP contribution >= 0.6 is 11.3 Å². The maximum absolute atomic E-state index is 13.2. The molecule has 2 heterocycles. The predicted octanol–water partition coefficient (Wildman–Crippen LogP) is 5.78. The maximum atomic E-state index is 13.2. The number of rotatable bonds is 6. The van der Waals surface area contributed by atoms with Gasteiger partial charge in [-0.25, -0.2) is 4.39 Å². The number of aryl methyl sites for hydroxylation is 1. The minimum atomic E-state index is -0.589. The third-order valence-corrected chi connectivity index (χ3v) is 7.64. The number of carbonyl (C=O) groups excluding carboxylic acids is 2. The molecule has 2 aromatic heterocycles. The van der Waals surface area contributed by atoms with Crippen molar-refractivity contribution >= 4 is 50.8 Å². The van der Waals surface area contributed by atoms with Gasteiger partial charge in [0, 0.05) is 33.2 Å². The van der Waals surface area contributed by atoms with E-state index in [9.17, 15) is 24.5 Å². The van der Waals surface area contributed by atoms with Gasteiger partial charge < -0.3 is 15.2 Å². The first-order valence-electron chi connectivity index (χ1n) is 12.1. The zero-order valence-electron chi connectivity index (χ0n) is 20.3. The summed E-state index contributed by atoms with van der Waals surface area (Å²) in [6.07, 6.45) is 6.98. The number of halogens is 1. The average Bonchev–Trinajstić information content (AvgIpc) is 3.45. The Balaban J connectivity index is 1.40. The van der Waals surface area contributed by atoms with Crippen molar-refractivity contribution in [3.63, 3.8) is 0 Å². The smallest absolute Gasteiger partial charge is 0.266 e. The standard InChI is InChI=1S/C29H22FN5O2S/c30-20-9-11-21(12-10-20)33-27(36)17-35-16-19(22-5-1-3-7-25(22)35)13-18(14-31)28(37)34-29-24(15-32)23-6-2-4-8-26(23)38-29/h1,3,5,7,9-13,16H,2,4,6,8,17H2,(H,33,36)(H,34,37)/b18-13+. The molecule has 5 rings (SSSR count). The molecule has 0 atom stereocenters. The van der Waals surface area contributed by atoms with Crippen LogP contribution < -0.4 is 10.6 Å². The monoisotopic (exact) mass is 523 g/mol. The number of fused-ring (bicyclic) bond motifs is 2. The highest BCUT2D eigenvalue weighted by Crippen LogP contribution is 2.38. The molecule has 1 aliphatic rings. The Bertz CT molecular complexity index is 1670. The van der Waals surface area contributed by atoms with Crippen LogP contribution in [-0.4, -0.2) is 16.4 Å². The van der Waals surface area contributed by atoms with E-state index in [0.717, 1.165) is 47.0 Å². The lowest BCUT2D eigenvalue weighted by Crippen LogP contribution is -2.18. The molecule has 0 radical (unpaired) electrons. The van der Waals surface area contributed by atoms with E-state index in [1.807, 2.05) is 30.3 Å². The van der Waals surface area contributed by atoms with Gasteiger partial charge in [0.1, 0.15) is 35.1 Å². The fourth-order valence-corrected chi connectivity index (χ4v) is 5.89. The lowest BCUT2D eigenvalue weighted by Gasteiger charge is -2.09. The van der Waals surface area contributed by atoms with Crippen LogP contribution in [0, 0.1) is 28.5 Å². The highest BCUT2D eigenvalue weighted by atomic mass is 32.1. The van der Waals surface area contributed by atoms with Crippen molar-refractivity contribution in [2.75, 3.05) is 10.6 Å². The van der Waals surface area contributed by atoms with E-state index >= 15 is 0 Å². The summed E-state index contributed by atoms with van der Waals surface area (Å²) in [5.74, 6) is -1.29. The Hall–Kier alpha value is -4.73. The van der Waals surface area contributed by atoms with Gasteiger partial charge in [0.2, 0.25) is 5.91 Å². The van der Waals surface area contributed by atoms with E-state index in [-0.39, 0.29) is 18.0 Å². The highest BCUT2D eigenvalue weighted by Gasteiger charge is 2.23. The quantitative estimate of drug-likeness (QED) is 0.247. The van der Waals surface area contributed by atoms with Crippen LogP contribution in [0.25, 0.3) is 17.0 Å². The number of thiophene rings is 1. The molecule has 0 bridgehead atoms. The van der Waals surface area contributed by atoms with Crippen LogP contribution in [-0.2, 0) is 29.0 Å². The van der Waals surface area contributed by atoms with E-state index in [1.165, 1.54) is 41.7 Å². The van der Waals surface area contributed by atoms with Gasteiger partial charge in [0.25, 0.3) is 5.91 Å². The number of para-hydroxylation sites is 1. The van der Waals surface area contributed by atoms with Gasteiger partial charge in [0.05, 0.1) is 5.56 Å². The summed E-state index contributed by atoms with van der Waals surface area (Å²) in [5.41, 5.74) is 3.21. The summed E-state index contributed by atoms with van der Waals surface area (Å²) in [6.45, 7) is -0.0217. The predicted molar refractivity (Wildman–Crippen MR) is 145 cm³/mol. The van der Waals surface area contributed by atoms with Crippen LogP contribution in [0.4, 0.5) is 15.1 Å². The Labute approximate surface area is 222 Å². The summed E-state index contributed by atoms with van der Waals surface area (Å²) in [7, 11) is 0. The van der Waals surface area contributed by atoms with Crippen LogP contribution in [0.3, 0.4) is 0 Å². The molecule has 0 fully saturated rings. The number of nitrogens with zero attached hydrogens (tertiary/aromatic N) is 3. The fraction of sp³-hybridized carbons (Fsp3) is 0.172. The third kappa shape index (κ3) is 5.06. The summed E-state index contributed by atoms with van der Waals surface area (Å²) in [6, 6.07) is 17.1. The first-order valence-corrected chi connectivity index (χ1v) is 12.9. The van der Waals surface area contributed by atoms with Crippen molar-refractivity contribution in [2.24, 2.45) is 0 Å². The number of hydrogen-bond acceptors (Lipinski definition) is 5. The number of aromatic nitrogens is 1. The molecule has 0 saturated heterocycles. The van der Waals surface area contributed by atoms with Crippen molar-refractivity contribution in [3.05, 3.63) is 87.7 Å². The zero-order valence-corrected chi connectivity index (χ0v) is 21.1. The molecule has 0 saturated carbocycles. The molecule has 2 amide bonds. The Kier molecular flexibility index (Phi) is 7.03. The number of amides is 2. The first-order chi connectivity index (χ1) is 18.5. The number of nitrogens with one attached hydrogen (secondary N) is 2. The molecular formula is C29H22FN5O2S. The number of hydrogen-bond donors (Lipinski definition) is 2. The number of anilines is 2. The van der Waals surface area contributed by atoms with Crippen molar-refractivity contribution in [3.8, 4) is 12.1 Å². The SMILES string of the molecule is N#C/C(=C\c1cn(CC(=O)Nc2ccc(F)cc2)c2ccccc12)C(=O)Nc1sc2c(c1C#N)CCCC2. The molecule has 1 aliphatic carbocycles. The molecule has 2 N–H and O–H groups in total. The van der Waals surface area contributed by atoms with Crippen molar-refractivity contribution in [2.45, 2.75) is 32.2 Å². The summed E-state index contributed by atoms with van der Waals surface area (Å²) in [4.78, 5) is 26.9. The lowest BCUT2D eigenvalue weighted by molar-refractivity contribution is -0.116. The second kappa shape index (κ2) is 10.7. The van der Waals surface area contributed by atoms with Gasteiger partial charge >= 0.3 is 0 Å². The molecule has 188 valence electrons. The Morgan fingerprint density at radius 2 is 1.82 bits per heavy atom. The molecule has 0 spiro atoms. The average molecular weight is 524 g/mol. The molecule has 7 nitrogen and oxygen atoms in total. The maximum Gasteiger partial charge on any atom is 0.266 e. The van der Waals surface area contributed by atoms with Gasteiger partial charge in [-0.2, -0.15) is 10.5 Å². The Morgan fingerprint density at radius 1 is 1.05 bits per heavy atom. The van der Waals surface area contributed by atoms with E-state index in [0.29, 0.717) is 21.8 Å². The van der Waals surface area contributed by atoms with Crippen LogP contribution in [0.2, 0.25) is 0 Å². The van der Waals surface area contributed by atoms with E-state index in [1.54, 1.807) is 10.8 Å².